The molecule has 184 valence electrons. The zero-order valence-electron chi connectivity index (χ0n) is 19.5. The molecule has 9 heteroatoms. The number of amides is 1. The van der Waals surface area contributed by atoms with Crippen molar-refractivity contribution >= 4 is 15.9 Å². The second-order valence-electron chi connectivity index (χ2n) is 9.86. The maximum Gasteiger partial charge on any atom is 0.243 e. The summed E-state index contributed by atoms with van der Waals surface area (Å²) in [4.78, 5) is 12.6. The van der Waals surface area contributed by atoms with Gasteiger partial charge in [-0.1, -0.05) is 12.8 Å². The predicted octanol–water partition coefficient (Wildman–Crippen LogP) is 2.16. The van der Waals surface area contributed by atoms with Crippen molar-refractivity contribution in [1.82, 2.24) is 20.3 Å². The van der Waals surface area contributed by atoms with Crippen LogP contribution in [0.15, 0.2) is 23.1 Å². The number of sulfonamides is 1. The minimum Gasteiger partial charge on any atom is -0.355 e. The van der Waals surface area contributed by atoms with Crippen LogP contribution in [0.4, 0.5) is 4.39 Å². The van der Waals surface area contributed by atoms with Crippen molar-refractivity contribution in [3.05, 3.63) is 29.6 Å². The van der Waals surface area contributed by atoms with Gasteiger partial charge in [-0.25, -0.2) is 12.8 Å². The highest BCUT2D eigenvalue weighted by atomic mass is 32.2. The Kier molecular flexibility index (Phi) is 8.04. The van der Waals surface area contributed by atoms with Crippen molar-refractivity contribution in [2.24, 2.45) is 11.8 Å². The Labute approximate surface area is 196 Å². The number of nitrogens with zero attached hydrogens (tertiary/aromatic N) is 1. The van der Waals surface area contributed by atoms with Gasteiger partial charge in [-0.15, -0.1) is 0 Å². The van der Waals surface area contributed by atoms with Crippen LogP contribution >= 0.6 is 0 Å². The van der Waals surface area contributed by atoms with E-state index in [9.17, 15) is 17.6 Å². The molecule has 7 nitrogen and oxygen atoms in total. The highest BCUT2D eigenvalue weighted by molar-refractivity contribution is 7.89. The Bertz CT molecular complexity index is 920. The van der Waals surface area contributed by atoms with Crippen LogP contribution in [-0.2, 0) is 14.8 Å². The van der Waals surface area contributed by atoms with E-state index in [-0.39, 0.29) is 16.8 Å². The van der Waals surface area contributed by atoms with Crippen molar-refractivity contribution in [2.75, 3.05) is 32.7 Å². The average molecular weight is 481 g/mol. The number of aryl methyl sites for hydroxylation is 1. The van der Waals surface area contributed by atoms with E-state index in [4.69, 9.17) is 0 Å². The first-order valence-electron chi connectivity index (χ1n) is 12.4. The summed E-state index contributed by atoms with van der Waals surface area (Å²) >= 11 is 0. The summed E-state index contributed by atoms with van der Waals surface area (Å²) < 4.78 is 40.8. The fourth-order valence-corrected chi connectivity index (χ4v) is 7.02. The van der Waals surface area contributed by atoms with Gasteiger partial charge < -0.3 is 16.0 Å². The number of nitrogens with one attached hydrogen (secondary N) is 3. The molecule has 3 saturated heterocycles. The molecule has 0 bridgehead atoms. The third kappa shape index (κ3) is 5.93. The minimum atomic E-state index is -3.57. The summed E-state index contributed by atoms with van der Waals surface area (Å²) in [6.45, 7) is 5.32. The van der Waals surface area contributed by atoms with Gasteiger partial charge in [-0.05, 0) is 87.7 Å². The number of hydrogen-bond acceptors (Lipinski definition) is 5. The molecule has 4 rings (SSSR count). The second-order valence-corrected chi connectivity index (χ2v) is 11.8. The zero-order chi connectivity index (χ0) is 23.4. The Morgan fingerprint density at radius 1 is 1.21 bits per heavy atom. The van der Waals surface area contributed by atoms with Crippen molar-refractivity contribution < 1.29 is 17.6 Å². The molecule has 3 aliphatic rings. The summed E-state index contributed by atoms with van der Waals surface area (Å²) in [5, 5.41) is 9.99. The number of piperidine rings is 2. The summed E-state index contributed by atoms with van der Waals surface area (Å²) in [5.41, 5.74) is 0.345. The van der Waals surface area contributed by atoms with Gasteiger partial charge in [0, 0.05) is 25.7 Å². The lowest BCUT2D eigenvalue weighted by molar-refractivity contribution is -0.122. The van der Waals surface area contributed by atoms with Crippen LogP contribution in [0.25, 0.3) is 0 Å². The Hall–Kier alpha value is -1.55. The average Bonchev–Trinajstić information content (AvgIpc) is 3.25. The standard InChI is InChI=1S/C24H37FN4O3S/c1-17-14-20(5-6-21(17)25)33(31,32)29-12-8-18(9-13-29)4-2-3-10-27-24(30)23-15-19-16-26-11-7-22(19)28-23/h5-6,14,18-19,22-23,26,28H,2-4,7-13,15-16H2,1H3,(H,27,30). The Morgan fingerprint density at radius 3 is 2.73 bits per heavy atom. The van der Waals surface area contributed by atoms with Gasteiger partial charge in [-0.2, -0.15) is 4.31 Å². The second kappa shape index (κ2) is 10.8. The van der Waals surface area contributed by atoms with Crippen LogP contribution < -0.4 is 16.0 Å². The van der Waals surface area contributed by atoms with Crippen LogP contribution in [0.2, 0.25) is 0 Å². The molecule has 3 heterocycles. The Morgan fingerprint density at radius 2 is 2.00 bits per heavy atom. The molecular formula is C24H37FN4O3S. The van der Waals surface area contributed by atoms with E-state index in [1.54, 1.807) is 6.92 Å². The topological polar surface area (TPSA) is 90.5 Å². The van der Waals surface area contributed by atoms with Crippen molar-refractivity contribution in [3.63, 3.8) is 0 Å². The van der Waals surface area contributed by atoms with E-state index in [2.05, 4.69) is 16.0 Å². The van der Waals surface area contributed by atoms with Crippen LogP contribution in [0.1, 0.15) is 50.5 Å². The van der Waals surface area contributed by atoms with Crippen molar-refractivity contribution in [2.45, 2.75) is 68.8 Å². The normalized spacial score (nSPS) is 26.8. The molecule has 3 atom stereocenters. The highest BCUT2D eigenvalue weighted by Crippen LogP contribution is 2.28. The van der Waals surface area contributed by atoms with Crippen molar-refractivity contribution in [3.8, 4) is 0 Å². The summed E-state index contributed by atoms with van der Waals surface area (Å²) in [7, 11) is -3.57. The number of unbranched alkanes of at least 4 members (excludes halogenated alkanes) is 1. The first kappa shape index (κ1) is 24.6. The number of benzene rings is 1. The zero-order valence-corrected chi connectivity index (χ0v) is 20.3. The Balaban J connectivity index is 1.12. The molecule has 3 aliphatic heterocycles. The van der Waals surface area contributed by atoms with Gasteiger partial charge in [-0.3, -0.25) is 4.79 Å². The smallest absolute Gasteiger partial charge is 0.243 e. The first-order chi connectivity index (χ1) is 15.8. The highest BCUT2D eigenvalue weighted by Gasteiger charge is 2.38. The van der Waals surface area contributed by atoms with E-state index >= 15 is 0 Å². The number of carbonyl (C=O) groups excluding carboxylic acids is 1. The lowest BCUT2D eigenvalue weighted by Crippen LogP contribution is -2.45. The molecule has 0 aliphatic carbocycles. The van der Waals surface area contributed by atoms with Crippen molar-refractivity contribution in [1.29, 1.82) is 0 Å². The lowest BCUT2D eigenvalue weighted by Gasteiger charge is -2.31. The quantitative estimate of drug-likeness (QED) is 0.496. The predicted molar refractivity (Wildman–Crippen MR) is 126 cm³/mol. The van der Waals surface area contributed by atoms with Gasteiger partial charge in [0.1, 0.15) is 5.82 Å². The number of halogens is 1. The van der Waals surface area contributed by atoms with Crippen LogP contribution in [-0.4, -0.2) is 63.4 Å². The molecule has 0 aromatic heterocycles. The van der Waals surface area contributed by atoms with Gasteiger partial charge >= 0.3 is 0 Å². The van der Waals surface area contributed by atoms with Crippen LogP contribution in [0.5, 0.6) is 0 Å². The molecule has 1 amide bonds. The van der Waals surface area contributed by atoms with E-state index in [0.717, 1.165) is 58.0 Å². The van der Waals surface area contributed by atoms with Gasteiger partial charge in [0.2, 0.25) is 15.9 Å². The summed E-state index contributed by atoms with van der Waals surface area (Å²) in [5.74, 6) is 0.808. The molecule has 0 saturated carbocycles. The van der Waals surface area contributed by atoms with Gasteiger partial charge in [0.15, 0.2) is 0 Å². The SMILES string of the molecule is Cc1cc(S(=O)(=O)N2CCC(CCCCNC(=O)C3CC4CNCCC4N3)CC2)ccc1F. The molecular weight excluding hydrogens is 443 g/mol. The van der Waals surface area contributed by atoms with Crippen LogP contribution in [0.3, 0.4) is 0 Å². The van der Waals surface area contributed by atoms with E-state index in [1.807, 2.05) is 0 Å². The molecule has 0 spiro atoms. The molecule has 1 aromatic carbocycles. The minimum absolute atomic E-state index is 0.0592. The third-order valence-electron chi connectivity index (χ3n) is 7.56. The van der Waals surface area contributed by atoms with E-state index < -0.39 is 15.8 Å². The molecule has 33 heavy (non-hydrogen) atoms. The molecule has 3 fully saturated rings. The summed E-state index contributed by atoms with van der Waals surface area (Å²) in [6.07, 6.45) is 6.73. The third-order valence-corrected chi connectivity index (χ3v) is 9.45. The molecule has 0 radical (unpaired) electrons. The maximum atomic E-state index is 13.5. The van der Waals surface area contributed by atoms with Crippen LogP contribution in [0, 0.1) is 24.6 Å². The maximum absolute atomic E-state index is 13.5. The molecule has 1 aromatic rings. The monoisotopic (exact) mass is 480 g/mol. The molecule has 3 unspecified atom stereocenters. The van der Waals surface area contributed by atoms with Gasteiger partial charge in [0.05, 0.1) is 10.9 Å². The summed E-state index contributed by atoms with van der Waals surface area (Å²) in [6, 6.07) is 4.40. The number of hydrogen-bond donors (Lipinski definition) is 3. The fourth-order valence-electron chi connectivity index (χ4n) is 5.46. The molecule has 3 N–H and O–H groups in total. The van der Waals surface area contributed by atoms with Gasteiger partial charge in [0.25, 0.3) is 0 Å². The first-order valence-corrected chi connectivity index (χ1v) is 13.8. The largest absolute Gasteiger partial charge is 0.355 e. The number of rotatable bonds is 8. The van der Waals surface area contributed by atoms with E-state index in [0.29, 0.717) is 43.1 Å². The number of carbonyl (C=O) groups is 1. The fraction of sp³-hybridized carbons (Fsp3) is 0.708. The number of fused-ring (bicyclic) bond motifs is 1. The lowest BCUT2D eigenvalue weighted by atomic mass is 9.92. The van der Waals surface area contributed by atoms with E-state index in [1.165, 1.54) is 22.5 Å².